The van der Waals surface area contributed by atoms with Gasteiger partial charge in [-0.2, -0.15) is 8.78 Å². The second kappa shape index (κ2) is 10.3. The quantitative estimate of drug-likeness (QED) is 0.374. The van der Waals surface area contributed by atoms with Crippen molar-refractivity contribution in [3.63, 3.8) is 0 Å². The first-order valence-electron chi connectivity index (χ1n) is 13.0. The first kappa shape index (κ1) is 28.5. The van der Waals surface area contributed by atoms with Crippen LogP contribution in [-0.4, -0.2) is 55.1 Å². The maximum atomic E-state index is 15.4. The number of aryl methyl sites for hydroxylation is 2. The predicted molar refractivity (Wildman–Crippen MR) is 144 cm³/mol. The highest BCUT2D eigenvalue weighted by atomic mass is 19.3. The zero-order valence-corrected chi connectivity index (χ0v) is 23.2. The van der Waals surface area contributed by atoms with Crippen LogP contribution in [0.5, 0.6) is 0 Å². The molecule has 1 saturated heterocycles. The lowest BCUT2D eigenvalue weighted by atomic mass is 9.91. The van der Waals surface area contributed by atoms with Gasteiger partial charge in [-0.25, -0.2) is 19.3 Å². The zero-order valence-electron chi connectivity index (χ0n) is 23.2. The van der Waals surface area contributed by atoms with E-state index in [9.17, 15) is 18.7 Å². The van der Waals surface area contributed by atoms with Gasteiger partial charge >= 0.3 is 5.92 Å². The Balaban J connectivity index is 1.68. The third kappa shape index (κ3) is 5.50. The topological polar surface area (TPSA) is 103 Å². The second-order valence-electron chi connectivity index (χ2n) is 10.9. The van der Waals surface area contributed by atoms with Crippen LogP contribution in [0.3, 0.4) is 0 Å². The van der Waals surface area contributed by atoms with Crippen LogP contribution < -0.4 is 10.6 Å². The molecule has 1 fully saturated rings. The highest BCUT2D eigenvalue weighted by Crippen LogP contribution is 2.41. The van der Waals surface area contributed by atoms with E-state index in [1.165, 1.54) is 12.1 Å². The number of benzene rings is 1. The Morgan fingerprint density at radius 1 is 1.21 bits per heavy atom. The number of rotatable bonds is 7. The van der Waals surface area contributed by atoms with Gasteiger partial charge in [-0.3, -0.25) is 4.79 Å². The number of likely N-dealkylation sites (tertiary alicyclic amines) is 1. The molecule has 4 rings (SSSR count). The molecule has 3 atom stereocenters. The van der Waals surface area contributed by atoms with E-state index in [1.807, 2.05) is 24.8 Å². The summed E-state index contributed by atoms with van der Waals surface area (Å²) in [6, 6.07) is 5.01. The van der Waals surface area contributed by atoms with Crippen molar-refractivity contribution in [1.82, 2.24) is 19.9 Å². The van der Waals surface area contributed by atoms with Crippen LogP contribution in [0.15, 0.2) is 24.3 Å². The van der Waals surface area contributed by atoms with Crippen molar-refractivity contribution >= 4 is 28.4 Å². The highest BCUT2D eigenvalue weighted by Gasteiger charge is 2.49. The average molecular weight is 545 g/mol. The lowest BCUT2D eigenvalue weighted by Gasteiger charge is -2.30. The van der Waals surface area contributed by atoms with Crippen LogP contribution in [0, 0.1) is 19.7 Å². The van der Waals surface area contributed by atoms with Crippen LogP contribution in [0.1, 0.15) is 69.7 Å². The minimum absolute atomic E-state index is 0.00327. The molecule has 3 heterocycles. The molecule has 1 amide bonds. The van der Waals surface area contributed by atoms with Gasteiger partial charge in [-0.1, -0.05) is 12.1 Å². The van der Waals surface area contributed by atoms with Gasteiger partial charge in [0.05, 0.1) is 28.4 Å². The standard InChI is InChI=1S/C28H35F3N6O2/c1-14-11-19(13-37(14)18(5)38)36-23-12-21-25(34-17(4)35-26(21)33-16(23)3)32-15(2)20-9-8-10-22(24(20)29)28(30,31)27(6,7)39/h8-10,12,14-15,19,36,39H,11,13H2,1-7H3,(H,32,33,34,35)/t14-,15-,19+/m1/s1. The Hall–Kier alpha value is -3.47. The SMILES string of the molecule is CC(=O)N1C[C@@H](Nc2cc3c(N[C@H](C)c4cccc(C(F)(F)C(C)(C)O)c4F)nc(C)nc3nc2C)C[C@H]1C. The van der Waals surface area contributed by atoms with Gasteiger partial charge in [0.2, 0.25) is 5.91 Å². The van der Waals surface area contributed by atoms with E-state index < -0.39 is 28.9 Å². The minimum atomic E-state index is -3.80. The molecule has 210 valence electrons. The molecule has 1 aliphatic rings. The number of anilines is 2. The van der Waals surface area contributed by atoms with Crippen LogP contribution in [-0.2, 0) is 10.7 Å². The van der Waals surface area contributed by atoms with Crippen LogP contribution in [0.2, 0.25) is 0 Å². The van der Waals surface area contributed by atoms with E-state index >= 15 is 4.39 Å². The molecule has 39 heavy (non-hydrogen) atoms. The van der Waals surface area contributed by atoms with Gasteiger partial charge in [-0.05, 0) is 60.1 Å². The van der Waals surface area contributed by atoms with Crippen molar-refractivity contribution in [2.45, 2.75) is 84.5 Å². The summed E-state index contributed by atoms with van der Waals surface area (Å²) in [5.41, 5.74) is -1.41. The van der Waals surface area contributed by atoms with E-state index in [4.69, 9.17) is 0 Å². The molecule has 1 aliphatic heterocycles. The fourth-order valence-corrected chi connectivity index (χ4v) is 5.04. The number of amides is 1. The Labute approximate surface area is 226 Å². The average Bonchev–Trinajstić information content (AvgIpc) is 3.19. The molecule has 0 bridgehead atoms. The molecule has 0 aliphatic carbocycles. The van der Waals surface area contributed by atoms with Gasteiger partial charge in [0, 0.05) is 31.1 Å². The minimum Gasteiger partial charge on any atom is -0.384 e. The summed E-state index contributed by atoms with van der Waals surface area (Å²) in [7, 11) is 0. The van der Waals surface area contributed by atoms with E-state index in [0.29, 0.717) is 29.2 Å². The molecule has 2 aromatic heterocycles. The first-order chi connectivity index (χ1) is 18.1. The molecule has 3 aromatic rings. The highest BCUT2D eigenvalue weighted by molar-refractivity contribution is 5.89. The summed E-state index contributed by atoms with van der Waals surface area (Å²) in [6.45, 7) is 11.3. The summed E-state index contributed by atoms with van der Waals surface area (Å²) in [6.07, 6.45) is 0.786. The largest absolute Gasteiger partial charge is 0.384 e. The van der Waals surface area contributed by atoms with Crippen molar-refractivity contribution in [3.05, 3.63) is 52.7 Å². The molecule has 11 heteroatoms. The number of nitrogens with one attached hydrogen (secondary N) is 2. The Morgan fingerprint density at radius 3 is 2.51 bits per heavy atom. The van der Waals surface area contributed by atoms with E-state index in [0.717, 1.165) is 37.7 Å². The van der Waals surface area contributed by atoms with Crippen molar-refractivity contribution < 1.29 is 23.1 Å². The molecule has 0 saturated carbocycles. The molecule has 0 radical (unpaired) electrons. The number of hydrogen-bond donors (Lipinski definition) is 3. The number of nitrogens with zero attached hydrogens (tertiary/aromatic N) is 4. The molecule has 3 N–H and O–H groups in total. The van der Waals surface area contributed by atoms with Crippen molar-refractivity contribution in [3.8, 4) is 0 Å². The van der Waals surface area contributed by atoms with Gasteiger partial charge < -0.3 is 20.6 Å². The molecule has 1 aromatic carbocycles. The number of alkyl halides is 2. The number of carbonyl (C=O) groups excluding carboxylic acids is 1. The number of halogens is 3. The van der Waals surface area contributed by atoms with Crippen LogP contribution >= 0.6 is 0 Å². The summed E-state index contributed by atoms with van der Waals surface area (Å²) in [4.78, 5) is 27.3. The number of carbonyl (C=O) groups is 1. The number of fused-ring (bicyclic) bond motifs is 1. The Morgan fingerprint density at radius 2 is 1.90 bits per heavy atom. The second-order valence-corrected chi connectivity index (χ2v) is 10.9. The molecule has 0 unspecified atom stereocenters. The lowest BCUT2D eigenvalue weighted by Crippen LogP contribution is -2.41. The maximum Gasteiger partial charge on any atom is 0.303 e. The van der Waals surface area contributed by atoms with Crippen LogP contribution in [0.4, 0.5) is 24.7 Å². The van der Waals surface area contributed by atoms with Crippen molar-refractivity contribution in [1.29, 1.82) is 0 Å². The monoisotopic (exact) mass is 544 g/mol. The fourth-order valence-electron chi connectivity index (χ4n) is 5.04. The summed E-state index contributed by atoms with van der Waals surface area (Å²) >= 11 is 0. The summed E-state index contributed by atoms with van der Waals surface area (Å²) < 4.78 is 45.1. The molecular formula is C28H35F3N6O2. The Kier molecular flexibility index (Phi) is 7.50. The van der Waals surface area contributed by atoms with Gasteiger partial charge in [0.1, 0.15) is 23.1 Å². The van der Waals surface area contributed by atoms with Gasteiger partial charge in [0.15, 0.2) is 5.65 Å². The van der Waals surface area contributed by atoms with Crippen LogP contribution in [0.25, 0.3) is 11.0 Å². The number of aliphatic hydroxyl groups is 1. The molecule has 8 nitrogen and oxygen atoms in total. The zero-order chi connectivity index (χ0) is 28.9. The third-order valence-electron chi connectivity index (χ3n) is 7.28. The predicted octanol–water partition coefficient (Wildman–Crippen LogP) is 5.24. The number of hydrogen-bond acceptors (Lipinski definition) is 7. The first-order valence-corrected chi connectivity index (χ1v) is 13.0. The smallest absolute Gasteiger partial charge is 0.303 e. The van der Waals surface area contributed by atoms with Gasteiger partial charge in [0.25, 0.3) is 0 Å². The van der Waals surface area contributed by atoms with E-state index in [-0.39, 0.29) is 23.6 Å². The van der Waals surface area contributed by atoms with Gasteiger partial charge in [-0.15, -0.1) is 0 Å². The number of pyridine rings is 1. The third-order valence-corrected chi connectivity index (χ3v) is 7.28. The summed E-state index contributed by atoms with van der Waals surface area (Å²) in [5.74, 6) is -4.05. The van der Waals surface area contributed by atoms with Crippen molar-refractivity contribution in [2.24, 2.45) is 0 Å². The number of aromatic nitrogens is 3. The van der Waals surface area contributed by atoms with E-state index in [2.05, 4.69) is 25.6 Å². The maximum absolute atomic E-state index is 15.4. The van der Waals surface area contributed by atoms with E-state index in [1.54, 1.807) is 20.8 Å². The fraction of sp³-hybridized carbons (Fsp3) is 0.500. The normalized spacial score (nSPS) is 18.9. The van der Waals surface area contributed by atoms with Crippen molar-refractivity contribution in [2.75, 3.05) is 17.2 Å². The lowest BCUT2D eigenvalue weighted by molar-refractivity contribution is -0.170. The molecule has 0 spiro atoms. The Bertz CT molecular complexity index is 1410. The molecular weight excluding hydrogens is 509 g/mol. The summed E-state index contributed by atoms with van der Waals surface area (Å²) in [5, 5.41) is 17.2.